The summed E-state index contributed by atoms with van der Waals surface area (Å²) in [6.07, 6.45) is 70.0. The van der Waals surface area contributed by atoms with Crippen molar-refractivity contribution in [3.8, 4) is 0 Å². The number of aliphatic hydroxyl groups excluding tert-OH is 1. The summed E-state index contributed by atoms with van der Waals surface area (Å²) in [7, 11) is 1.28. The molecule has 0 heterocycles. The van der Waals surface area contributed by atoms with Crippen LogP contribution in [0.3, 0.4) is 0 Å². The van der Waals surface area contributed by atoms with Crippen molar-refractivity contribution in [2.45, 2.75) is 231 Å². The zero-order chi connectivity index (χ0) is 49.9. The minimum atomic E-state index is -4.58. The standard InChI is InChI=1S/C59H105N2O6P/c1-6-8-10-12-14-16-18-20-22-23-24-25-26-27-28-29-30-31-32-33-34-35-36-37-39-41-43-45-47-49-51-53-59(63)60-57(56-67-68(64,65)66-55-54-61(3,4)5)58(62)52-50-48-46-44-42-40-38-21-19-17-15-13-11-9-7-2/h8,10,14,16,20,22,24-25,27-28,30-31,33-34,36-37,57-58,62H,6-7,9,11-13,15,17-19,21,23,26,29,32,35,38-56H2,1-5H3,(H-,60,63,64,65)/b10-8-,16-14-,22-20-,25-24-,28-27-,31-30-,34-33-,37-36-. The molecule has 68 heavy (non-hydrogen) atoms. The number of allylic oxidation sites excluding steroid dienone is 16. The quantitative estimate of drug-likeness (QED) is 0.0272. The van der Waals surface area contributed by atoms with Gasteiger partial charge >= 0.3 is 0 Å². The SMILES string of the molecule is CC/C=C\C/C=C\C/C=C\C/C=C\C/C=C\C/C=C\C/C=C\C/C=C\CCCCCCCCC(=O)NC(COP(=O)([O-])OCC[N+](C)(C)C)C(O)CCCCCCCCCCCCCCCCC. The molecule has 0 aliphatic rings. The van der Waals surface area contributed by atoms with E-state index in [-0.39, 0.29) is 19.1 Å². The molecule has 0 aliphatic carbocycles. The molecular weight excluding hydrogens is 864 g/mol. The molecule has 0 saturated heterocycles. The van der Waals surface area contributed by atoms with E-state index in [1.165, 1.54) is 89.9 Å². The Kier molecular flexibility index (Phi) is 47.5. The van der Waals surface area contributed by atoms with Gasteiger partial charge in [-0.25, -0.2) is 0 Å². The summed E-state index contributed by atoms with van der Waals surface area (Å²) >= 11 is 0. The molecule has 392 valence electrons. The zero-order valence-corrected chi connectivity index (χ0v) is 45.4. The summed E-state index contributed by atoms with van der Waals surface area (Å²) in [5.41, 5.74) is 0. The number of aliphatic hydroxyl groups is 1. The first-order chi connectivity index (χ1) is 33.0. The maximum Gasteiger partial charge on any atom is 0.268 e. The molecule has 0 aromatic rings. The minimum Gasteiger partial charge on any atom is -0.756 e. The molecule has 0 rings (SSSR count). The Morgan fingerprint density at radius 2 is 0.897 bits per heavy atom. The Hall–Kier alpha value is -2.58. The first kappa shape index (κ1) is 65.4. The van der Waals surface area contributed by atoms with E-state index in [0.717, 1.165) is 103 Å². The molecular formula is C59H105N2O6P. The maximum absolute atomic E-state index is 13.0. The molecule has 3 atom stereocenters. The first-order valence-corrected chi connectivity index (χ1v) is 29.0. The van der Waals surface area contributed by atoms with Crippen molar-refractivity contribution < 1.29 is 32.9 Å². The van der Waals surface area contributed by atoms with Gasteiger partial charge in [-0.2, -0.15) is 0 Å². The van der Waals surface area contributed by atoms with E-state index in [0.29, 0.717) is 23.9 Å². The highest BCUT2D eigenvalue weighted by molar-refractivity contribution is 7.45. The highest BCUT2D eigenvalue weighted by atomic mass is 31.2. The molecule has 0 radical (unpaired) electrons. The topological polar surface area (TPSA) is 108 Å². The molecule has 2 N–H and O–H groups in total. The smallest absolute Gasteiger partial charge is 0.268 e. The van der Waals surface area contributed by atoms with Crippen molar-refractivity contribution in [1.29, 1.82) is 0 Å². The molecule has 8 nitrogen and oxygen atoms in total. The number of nitrogens with one attached hydrogen (secondary N) is 1. The second kappa shape index (κ2) is 49.4. The Bertz CT molecular complexity index is 1420. The number of amides is 1. The molecule has 9 heteroatoms. The van der Waals surface area contributed by atoms with Crippen molar-refractivity contribution in [3.05, 3.63) is 97.2 Å². The zero-order valence-electron chi connectivity index (χ0n) is 44.5. The van der Waals surface area contributed by atoms with E-state index in [1.54, 1.807) is 0 Å². The molecule has 0 aliphatic heterocycles. The summed E-state index contributed by atoms with van der Waals surface area (Å²) in [5.74, 6) is -0.183. The van der Waals surface area contributed by atoms with Crippen LogP contribution in [0.25, 0.3) is 0 Å². The largest absolute Gasteiger partial charge is 0.756 e. The summed E-state index contributed by atoms with van der Waals surface area (Å²) in [4.78, 5) is 25.5. The fourth-order valence-corrected chi connectivity index (χ4v) is 8.25. The third-order valence-corrected chi connectivity index (χ3v) is 12.8. The predicted octanol–water partition coefficient (Wildman–Crippen LogP) is 16.0. The molecule has 0 aromatic carbocycles. The number of hydrogen-bond donors (Lipinski definition) is 2. The highest BCUT2D eigenvalue weighted by Gasteiger charge is 2.24. The number of carbonyl (C=O) groups is 1. The molecule has 0 aromatic heterocycles. The number of carbonyl (C=O) groups excluding carboxylic acids is 1. The molecule has 0 saturated carbocycles. The first-order valence-electron chi connectivity index (χ1n) is 27.6. The monoisotopic (exact) mass is 969 g/mol. The van der Waals surface area contributed by atoms with Crippen LogP contribution in [-0.4, -0.2) is 68.5 Å². The van der Waals surface area contributed by atoms with E-state index < -0.39 is 20.0 Å². The molecule has 1 amide bonds. The lowest BCUT2D eigenvalue weighted by molar-refractivity contribution is -0.870. The molecule has 0 fully saturated rings. The van der Waals surface area contributed by atoms with Crippen LogP contribution in [0.1, 0.15) is 219 Å². The summed E-state index contributed by atoms with van der Waals surface area (Å²) in [6.45, 7) is 4.59. The fraction of sp³-hybridized carbons (Fsp3) is 0.712. The van der Waals surface area contributed by atoms with Crippen molar-refractivity contribution in [2.75, 3.05) is 40.9 Å². The van der Waals surface area contributed by atoms with Crippen molar-refractivity contribution >= 4 is 13.7 Å². The van der Waals surface area contributed by atoms with E-state index in [2.05, 4.69) is 116 Å². The highest BCUT2D eigenvalue weighted by Crippen LogP contribution is 2.38. The van der Waals surface area contributed by atoms with Crippen LogP contribution < -0.4 is 10.2 Å². The van der Waals surface area contributed by atoms with Gasteiger partial charge in [-0.3, -0.25) is 9.36 Å². The van der Waals surface area contributed by atoms with E-state index in [4.69, 9.17) is 9.05 Å². The second-order valence-corrected chi connectivity index (χ2v) is 21.0. The Balaban J connectivity index is 4.24. The summed E-state index contributed by atoms with van der Waals surface area (Å²) in [5, 5.41) is 14.0. The number of phosphoric ester groups is 1. The van der Waals surface area contributed by atoms with Crippen molar-refractivity contribution in [2.24, 2.45) is 0 Å². The number of likely N-dealkylation sites (N-methyl/N-ethyl adjacent to an activating group) is 1. The van der Waals surface area contributed by atoms with Crippen LogP contribution in [0.4, 0.5) is 0 Å². The van der Waals surface area contributed by atoms with Crippen LogP contribution in [0.2, 0.25) is 0 Å². The van der Waals surface area contributed by atoms with Gasteiger partial charge in [0, 0.05) is 6.42 Å². The van der Waals surface area contributed by atoms with E-state index in [1.807, 2.05) is 21.1 Å². The van der Waals surface area contributed by atoms with Crippen molar-refractivity contribution in [1.82, 2.24) is 5.32 Å². The third-order valence-electron chi connectivity index (χ3n) is 11.8. The maximum atomic E-state index is 13.0. The van der Waals surface area contributed by atoms with E-state index in [9.17, 15) is 19.4 Å². The van der Waals surface area contributed by atoms with Gasteiger partial charge in [0.05, 0.1) is 39.9 Å². The van der Waals surface area contributed by atoms with Gasteiger partial charge in [0.2, 0.25) is 5.91 Å². The minimum absolute atomic E-state index is 0.00409. The van der Waals surface area contributed by atoms with Gasteiger partial charge in [0.15, 0.2) is 0 Å². The number of nitrogens with zero attached hydrogens (tertiary/aromatic N) is 1. The lowest BCUT2D eigenvalue weighted by atomic mass is 10.0. The van der Waals surface area contributed by atoms with E-state index >= 15 is 0 Å². The molecule has 0 spiro atoms. The van der Waals surface area contributed by atoms with Crippen LogP contribution in [-0.2, 0) is 18.4 Å². The van der Waals surface area contributed by atoms with Crippen LogP contribution in [0, 0.1) is 0 Å². The fourth-order valence-electron chi connectivity index (χ4n) is 7.53. The number of hydrogen-bond acceptors (Lipinski definition) is 6. The third kappa shape index (κ3) is 51.3. The average Bonchev–Trinajstić information content (AvgIpc) is 3.30. The molecule has 3 unspecified atom stereocenters. The number of phosphoric acid groups is 1. The van der Waals surface area contributed by atoms with Gasteiger partial charge in [-0.05, 0) is 77.0 Å². The average molecular weight is 969 g/mol. The summed E-state index contributed by atoms with van der Waals surface area (Å²) in [6, 6.07) is -0.815. The van der Waals surface area contributed by atoms with Crippen molar-refractivity contribution in [3.63, 3.8) is 0 Å². The van der Waals surface area contributed by atoms with Crippen LogP contribution in [0.5, 0.6) is 0 Å². The molecule has 0 bridgehead atoms. The van der Waals surface area contributed by atoms with Gasteiger partial charge in [0.1, 0.15) is 13.2 Å². The van der Waals surface area contributed by atoms with Gasteiger partial charge < -0.3 is 28.8 Å². The Morgan fingerprint density at radius 3 is 1.31 bits per heavy atom. The number of quaternary nitrogens is 1. The summed E-state index contributed by atoms with van der Waals surface area (Å²) < 4.78 is 23.4. The second-order valence-electron chi connectivity index (χ2n) is 19.6. The van der Waals surface area contributed by atoms with Crippen LogP contribution in [0.15, 0.2) is 97.2 Å². The van der Waals surface area contributed by atoms with Crippen LogP contribution >= 0.6 is 7.82 Å². The lowest BCUT2D eigenvalue weighted by Gasteiger charge is -2.30. The Labute approximate surface area is 419 Å². The normalized spacial score (nSPS) is 14.8. The number of unbranched alkanes of at least 4 members (excludes halogenated alkanes) is 20. The lowest BCUT2D eigenvalue weighted by Crippen LogP contribution is -2.46. The van der Waals surface area contributed by atoms with Gasteiger partial charge in [-0.1, -0.05) is 233 Å². The van der Waals surface area contributed by atoms with Gasteiger partial charge in [0.25, 0.3) is 7.82 Å². The predicted molar refractivity (Wildman–Crippen MR) is 293 cm³/mol. The number of rotatable bonds is 49. The van der Waals surface area contributed by atoms with Gasteiger partial charge in [-0.15, -0.1) is 0 Å². The Morgan fingerprint density at radius 1 is 0.529 bits per heavy atom.